The molecule has 0 amide bonds. The topological polar surface area (TPSA) is 236 Å². The molecule has 10 atom stereocenters. The molecule has 0 saturated carbocycles. The number of ether oxygens (including phenoxy) is 4. The summed E-state index contributed by atoms with van der Waals surface area (Å²) in [6.45, 7) is -0.117. The van der Waals surface area contributed by atoms with Crippen LogP contribution in [0.1, 0.15) is 28.4 Å². The monoisotopic (exact) mass is 596 g/mol. The predicted molar refractivity (Wildman–Crippen MR) is 141 cm³/mol. The minimum Gasteiger partial charge on any atom is -0.508 e. The Morgan fingerprint density at radius 2 is 1.17 bits per heavy atom. The average Bonchev–Trinajstić information content (AvgIpc) is 2.97. The third-order valence-electron chi connectivity index (χ3n) is 7.37. The van der Waals surface area contributed by atoms with Crippen molar-refractivity contribution in [1.29, 1.82) is 0 Å². The maximum Gasteiger partial charge on any atom is 0.229 e. The van der Waals surface area contributed by atoms with Gasteiger partial charge in [-0.2, -0.15) is 0 Å². The minimum atomic E-state index is -1.74. The van der Waals surface area contributed by atoms with Crippen LogP contribution in [0.25, 0.3) is 0 Å². The fourth-order valence-electron chi connectivity index (χ4n) is 4.96. The highest BCUT2D eigenvalue weighted by Gasteiger charge is 2.46. The van der Waals surface area contributed by atoms with Gasteiger partial charge in [-0.25, -0.2) is 0 Å². The summed E-state index contributed by atoms with van der Waals surface area (Å²) >= 11 is 0. The number of aryl methyl sites for hydroxylation is 1. The number of ketones is 1. The van der Waals surface area contributed by atoms with E-state index in [9.17, 15) is 50.8 Å². The number of aromatic hydroxyl groups is 1. The van der Waals surface area contributed by atoms with Gasteiger partial charge in [0.25, 0.3) is 0 Å². The van der Waals surface area contributed by atoms with Crippen molar-refractivity contribution in [2.24, 2.45) is 0 Å². The lowest BCUT2D eigenvalue weighted by atomic mass is 9.95. The standard InChI is InChI=1S/C28H36O14/c1-12(31)20-15(7-4-13-2-5-14(32)6-3-13)16(39-27-25(37)23(35)21(33)18(10-29)41-27)8-9-17(20)40-28-26(38)24(36)22(34)19(11-30)42-28/h2-3,5-6,8-9,18-19,21-30,32-38H,4,7,10-11H2,1H3/t18-,19-,21-,22+,23+,24-,25-,26-,27+,28+/m1/s1. The van der Waals surface area contributed by atoms with E-state index in [1.165, 1.54) is 31.2 Å². The quantitative estimate of drug-likeness (QED) is 0.132. The first-order valence-electron chi connectivity index (χ1n) is 13.4. The second-order valence-electron chi connectivity index (χ2n) is 10.3. The highest BCUT2D eigenvalue weighted by atomic mass is 16.7. The Balaban J connectivity index is 1.71. The molecule has 14 heteroatoms. The van der Waals surface area contributed by atoms with Crippen LogP contribution in [0.5, 0.6) is 17.2 Å². The summed E-state index contributed by atoms with van der Waals surface area (Å²) in [6, 6.07) is 9.02. The summed E-state index contributed by atoms with van der Waals surface area (Å²) in [6.07, 6.45) is -15.3. The number of rotatable bonds is 10. The SMILES string of the molecule is CC(=O)c1c(O[C@H]2O[C@H](CO)[C@H](O)[C@@H](O)[C@H]2O)ccc(O[C@H]2O[C@H](CO)[C@@H](O)[C@H](O)[C@H]2O)c1CCc1ccc(O)cc1. The van der Waals surface area contributed by atoms with Gasteiger partial charge in [-0.3, -0.25) is 4.79 Å². The highest BCUT2D eigenvalue weighted by molar-refractivity contribution is 5.99. The second kappa shape index (κ2) is 13.6. The van der Waals surface area contributed by atoms with E-state index in [0.29, 0.717) is 6.42 Å². The van der Waals surface area contributed by atoms with Crippen molar-refractivity contribution < 1.29 is 69.7 Å². The number of aliphatic hydroxyl groups excluding tert-OH is 8. The lowest BCUT2D eigenvalue weighted by molar-refractivity contribution is -0.278. The number of Topliss-reactive ketones (excluding diaryl/α,β-unsaturated/α-hetero) is 1. The van der Waals surface area contributed by atoms with E-state index in [0.717, 1.165) is 5.56 Å². The first kappa shape index (κ1) is 32.0. The number of phenols is 1. The van der Waals surface area contributed by atoms with E-state index in [1.54, 1.807) is 12.1 Å². The summed E-state index contributed by atoms with van der Waals surface area (Å²) in [4.78, 5) is 13.0. The van der Waals surface area contributed by atoms with Crippen LogP contribution in [0.3, 0.4) is 0 Å². The zero-order valence-corrected chi connectivity index (χ0v) is 22.6. The van der Waals surface area contributed by atoms with Crippen LogP contribution in [0.15, 0.2) is 36.4 Å². The molecular weight excluding hydrogens is 560 g/mol. The number of benzene rings is 2. The highest BCUT2D eigenvalue weighted by Crippen LogP contribution is 2.36. The zero-order valence-electron chi connectivity index (χ0n) is 22.6. The van der Waals surface area contributed by atoms with Crippen molar-refractivity contribution in [2.45, 2.75) is 81.2 Å². The summed E-state index contributed by atoms with van der Waals surface area (Å²) in [5, 5.41) is 90.3. The third-order valence-corrected chi connectivity index (χ3v) is 7.37. The lowest BCUT2D eigenvalue weighted by Gasteiger charge is -2.40. The van der Waals surface area contributed by atoms with E-state index in [1.807, 2.05) is 0 Å². The van der Waals surface area contributed by atoms with E-state index in [2.05, 4.69) is 0 Å². The van der Waals surface area contributed by atoms with Gasteiger partial charge >= 0.3 is 0 Å². The second-order valence-corrected chi connectivity index (χ2v) is 10.3. The molecule has 42 heavy (non-hydrogen) atoms. The number of phenolic OH excluding ortho intramolecular Hbond substituents is 1. The number of carbonyl (C=O) groups excluding carboxylic acids is 1. The summed E-state index contributed by atoms with van der Waals surface area (Å²) in [7, 11) is 0. The van der Waals surface area contributed by atoms with Crippen LogP contribution in [0.2, 0.25) is 0 Å². The number of hydrogen-bond acceptors (Lipinski definition) is 14. The molecule has 2 aromatic rings. The molecule has 0 unspecified atom stereocenters. The van der Waals surface area contributed by atoms with E-state index < -0.39 is 80.4 Å². The van der Waals surface area contributed by atoms with Crippen molar-refractivity contribution in [1.82, 2.24) is 0 Å². The number of aliphatic hydroxyl groups is 8. The van der Waals surface area contributed by atoms with Gasteiger partial charge in [0.1, 0.15) is 66.1 Å². The largest absolute Gasteiger partial charge is 0.508 e. The summed E-state index contributed by atoms with van der Waals surface area (Å²) < 4.78 is 22.6. The predicted octanol–water partition coefficient (Wildman–Crippen LogP) is -2.26. The zero-order chi connectivity index (χ0) is 30.7. The first-order valence-corrected chi connectivity index (χ1v) is 13.4. The van der Waals surface area contributed by atoms with Crippen LogP contribution in [0.4, 0.5) is 0 Å². The molecule has 2 heterocycles. The van der Waals surface area contributed by atoms with E-state index in [4.69, 9.17) is 18.9 Å². The Bertz CT molecular complexity index is 1200. The van der Waals surface area contributed by atoms with Crippen LogP contribution < -0.4 is 9.47 Å². The van der Waals surface area contributed by atoms with Crippen molar-refractivity contribution in [3.63, 3.8) is 0 Å². The van der Waals surface area contributed by atoms with Gasteiger partial charge < -0.3 is 64.9 Å². The molecule has 0 radical (unpaired) electrons. The molecule has 2 aliphatic rings. The van der Waals surface area contributed by atoms with Gasteiger partial charge in [0.05, 0.1) is 18.8 Å². The molecule has 2 saturated heterocycles. The van der Waals surface area contributed by atoms with E-state index in [-0.39, 0.29) is 34.8 Å². The van der Waals surface area contributed by atoms with E-state index >= 15 is 0 Å². The van der Waals surface area contributed by atoms with Crippen molar-refractivity contribution >= 4 is 5.78 Å². The van der Waals surface area contributed by atoms with Gasteiger partial charge in [-0.1, -0.05) is 12.1 Å². The van der Waals surface area contributed by atoms with Gasteiger partial charge in [-0.05, 0) is 49.6 Å². The van der Waals surface area contributed by atoms with Crippen molar-refractivity contribution in [3.05, 3.63) is 53.1 Å². The molecule has 0 aliphatic carbocycles. The molecule has 0 bridgehead atoms. The molecule has 0 aromatic heterocycles. The molecule has 0 spiro atoms. The molecule has 4 rings (SSSR count). The third kappa shape index (κ3) is 6.68. The Morgan fingerprint density at radius 3 is 1.64 bits per heavy atom. The Kier molecular flexibility index (Phi) is 10.4. The molecule has 9 N–H and O–H groups in total. The Labute approximate surface area is 240 Å². The Morgan fingerprint density at radius 1 is 0.690 bits per heavy atom. The Hall–Kier alpha value is -2.89. The number of hydrogen-bond donors (Lipinski definition) is 9. The summed E-state index contributed by atoms with van der Waals surface area (Å²) in [5.41, 5.74) is 1.02. The maximum absolute atomic E-state index is 13.0. The fourth-order valence-corrected chi connectivity index (χ4v) is 4.96. The van der Waals surface area contributed by atoms with Gasteiger partial charge in [0.2, 0.25) is 12.6 Å². The molecule has 2 fully saturated rings. The number of carbonyl (C=O) groups is 1. The molecule has 2 aliphatic heterocycles. The minimum absolute atomic E-state index is 0.0205. The molecular formula is C28H36O14. The fraction of sp³-hybridized carbons (Fsp3) is 0.536. The van der Waals surface area contributed by atoms with Crippen LogP contribution in [-0.2, 0) is 22.3 Å². The average molecular weight is 597 g/mol. The van der Waals surface area contributed by atoms with Crippen molar-refractivity contribution in [2.75, 3.05) is 13.2 Å². The smallest absolute Gasteiger partial charge is 0.229 e. The normalized spacial score (nSPS) is 33.3. The molecule has 232 valence electrons. The first-order chi connectivity index (χ1) is 20.0. The van der Waals surface area contributed by atoms with Gasteiger partial charge in [0.15, 0.2) is 5.78 Å². The molecule has 2 aromatic carbocycles. The lowest BCUT2D eigenvalue weighted by Crippen LogP contribution is -2.60. The van der Waals surface area contributed by atoms with Crippen LogP contribution in [-0.4, -0.2) is 126 Å². The summed E-state index contributed by atoms with van der Waals surface area (Å²) in [5.74, 6) is -0.502. The van der Waals surface area contributed by atoms with Crippen LogP contribution in [0, 0.1) is 0 Å². The van der Waals surface area contributed by atoms with Gasteiger partial charge in [0, 0.05) is 5.56 Å². The van der Waals surface area contributed by atoms with Crippen molar-refractivity contribution in [3.8, 4) is 17.2 Å². The van der Waals surface area contributed by atoms with Gasteiger partial charge in [-0.15, -0.1) is 0 Å². The molecule has 14 nitrogen and oxygen atoms in total. The maximum atomic E-state index is 13.0. The van der Waals surface area contributed by atoms with Crippen LogP contribution >= 0.6 is 0 Å².